The SMILES string of the molecule is O=C1CCN(c2cc(F)c(F)c(F)c2)C(=O)N1. The molecule has 1 aromatic rings. The van der Waals surface area contributed by atoms with Gasteiger partial charge in [0.25, 0.3) is 0 Å². The van der Waals surface area contributed by atoms with E-state index in [0.717, 1.165) is 4.90 Å². The summed E-state index contributed by atoms with van der Waals surface area (Å²) in [5, 5.41) is 1.99. The summed E-state index contributed by atoms with van der Waals surface area (Å²) in [6, 6.07) is 0.619. The Labute approximate surface area is 94.0 Å². The van der Waals surface area contributed by atoms with Gasteiger partial charge in [0.05, 0.1) is 5.69 Å². The normalized spacial score (nSPS) is 16.1. The maximum Gasteiger partial charge on any atom is 0.328 e. The van der Waals surface area contributed by atoms with Crippen molar-refractivity contribution in [1.82, 2.24) is 5.32 Å². The smallest absolute Gasteiger partial charge is 0.293 e. The Morgan fingerprint density at radius 2 is 1.71 bits per heavy atom. The summed E-state index contributed by atoms with van der Waals surface area (Å²) in [7, 11) is 0. The molecule has 1 aliphatic rings. The number of rotatable bonds is 1. The molecule has 0 atom stereocenters. The number of anilines is 1. The lowest BCUT2D eigenvalue weighted by Gasteiger charge is -2.26. The van der Waals surface area contributed by atoms with E-state index in [2.05, 4.69) is 0 Å². The van der Waals surface area contributed by atoms with E-state index >= 15 is 0 Å². The van der Waals surface area contributed by atoms with Crippen molar-refractivity contribution < 1.29 is 22.8 Å². The van der Waals surface area contributed by atoms with Crippen LogP contribution in [0.15, 0.2) is 12.1 Å². The summed E-state index contributed by atoms with van der Waals surface area (Å²) in [5.74, 6) is -4.83. The van der Waals surface area contributed by atoms with Gasteiger partial charge >= 0.3 is 6.03 Å². The topological polar surface area (TPSA) is 49.4 Å². The summed E-state index contributed by atoms with van der Waals surface area (Å²) >= 11 is 0. The molecule has 0 aliphatic carbocycles. The maximum absolute atomic E-state index is 13.0. The molecule has 0 saturated carbocycles. The van der Waals surface area contributed by atoms with Gasteiger partial charge in [-0.1, -0.05) is 0 Å². The van der Waals surface area contributed by atoms with Gasteiger partial charge in [0.2, 0.25) is 5.91 Å². The lowest BCUT2D eigenvalue weighted by molar-refractivity contribution is -0.120. The molecule has 1 fully saturated rings. The molecule has 0 radical (unpaired) electrons. The van der Waals surface area contributed by atoms with Gasteiger partial charge in [-0.3, -0.25) is 15.0 Å². The zero-order valence-corrected chi connectivity index (χ0v) is 8.47. The van der Waals surface area contributed by atoms with Crippen LogP contribution in [0.4, 0.5) is 23.7 Å². The fourth-order valence-corrected chi connectivity index (χ4v) is 1.51. The third-order valence-electron chi connectivity index (χ3n) is 2.33. The molecule has 4 nitrogen and oxygen atoms in total. The Hall–Kier alpha value is -2.05. The van der Waals surface area contributed by atoms with E-state index in [4.69, 9.17) is 0 Å². The Kier molecular flexibility index (Phi) is 2.74. The highest BCUT2D eigenvalue weighted by molar-refractivity contribution is 6.05. The largest absolute Gasteiger partial charge is 0.328 e. The molecule has 2 rings (SSSR count). The first-order valence-corrected chi connectivity index (χ1v) is 4.75. The van der Waals surface area contributed by atoms with Crippen LogP contribution in [0.1, 0.15) is 6.42 Å². The van der Waals surface area contributed by atoms with E-state index in [-0.39, 0.29) is 18.7 Å². The van der Waals surface area contributed by atoms with E-state index in [1.54, 1.807) is 0 Å². The highest BCUT2D eigenvalue weighted by Crippen LogP contribution is 2.22. The molecule has 1 saturated heterocycles. The lowest BCUT2D eigenvalue weighted by Crippen LogP contribution is -2.49. The number of carbonyl (C=O) groups is 2. The number of hydrogen-bond donors (Lipinski definition) is 1. The summed E-state index contributed by atoms with van der Waals surface area (Å²) in [6.45, 7) is -0.00478. The van der Waals surface area contributed by atoms with Crippen molar-refractivity contribution in [2.24, 2.45) is 0 Å². The number of nitrogens with one attached hydrogen (secondary N) is 1. The molecule has 1 heterocycles. The molecular weight excluding hydrogens is 237 g/mol. The van der Waals surface area contributed by atoms with E-state index in [1.165, 1.54) is 0 Å². The maximum atomic E-state index is 13.0. The highest BCUT2D eigenvalue weighted by atomic mass is 19.2. The van der Waals surface area contributed by atoms with Crippen LogP contribution in [-0.2, 0) is 4.79 Å². The van der Waals surface area contributed by atoms with Crippen molar-refractivity contribution in [1.29, 1.82) is 0 Å². The molecule has 17 heavy (non-hydrogen) atoms. The molecule has 0 spiro atoms. The predicted octanol–water partition coefficient (Wildman–Crippen LogP) is 1.55. The highest BCUT2D eigenvalue weighted by Gasteiger charge is 2.25. The van der Waals surface area contributed by atoms with Crippen molar-refractivity contribution in [2.45, 2.75) is 6.42 Å². The van der Waals surface area contributed by atoms with Gasteiger partial charge in [-0.25, -0.2) is 18.0 Å². The molecule has 1 aliphatic heterocycles. The Morgan fingerprint density at radius 1 is 1.12 bits per heavy atom. The molecule has 90 valence electrons. The molecule has 0 unspecified atom stereocenters. The van der Waals surface area contributed by atoms with E-state index in [0.29, 0.717) is 12.1 Å². The minimum Gasteiger partial charge on any atom is -0.293 e. The summed E-state index contributed by atoms with van der Waals surface area (Å²) in [6.07, 6.45) is 0.0202. The number of hydrogen-bond acceptors (Lipinski definition) is 2. The molecule has 3 amide bonds. The average Bonchev–Trinajstić information content (AvgIpc) is 2.25. The van der Waals surface area contributed by atoms with E-state index < -0.39 is 29.4 Å². The van der Waals surface area contributed by atoms with Crippen LogP contribution in [0.3, 0.4) is 0 Å². The van der Waals surface area contributed by atoms with Crippen molar-refractivity contribution >= 4 is 17.6 Å². The number of imide groups is 1. The van der Waals surface area contributed by atoms with Crippen molar-refractivity contribution in [3.05, 3.63) is 29.6 Å². The summed E-state index contributed by atoms with van der Waals surface area (Å²) in [5.41, 5.74) is -0.133. The number of benzene rings is 1. The number of urea groups is 1. The van der Waals surface area contributed by atoms with Gasteiger partial charge in [0.1, 0.15) is 0 Å². The van der Waals surface area contributed by atoms with Gasteiger partial charge < -0.3 is 0 Å². The van der Waals surface area contributed by atoms with Crippen LogP contribution in [0.5, 0.6) is 0 Å². The van der Waals surface area contributed by atoms with Crippen LogP contribution in [0.25, 0.3) is 0 Å². The second-order valence-electron chi connectivity index (χ2n) is 3.48. The second kappa shape index (κ2) is 4.08. The quantitative estimate of drug-likeness (QED) is 0.762. The number of carbonyl (C=O) groups excluding carboxylic acids is 2. The molecule has 1 aromatic carbocycles. The van der Waals surface area contributed by atoms with Crippen LogP contribution in [-0.4, -0.2) is 18.5 Å². The third-order valence-corrected chi connectivity index (χ3v) is 2.33. The zero-order chi connectivity index (χ0) is 12.6. The van der Waals surface area contributed by atoms with Gasteiger partial charge in [-0.15, -0.1) is 0 Å². The standard InChI is InChI=1S/C10H7F3N2O2/c11-6-3-5(4-7(12)9(6)13)15-2-1-8(16)14-10(15)17/h3-4H,1-2H2,(H,14,16,17). The monoisotopic (exact) mass is 244 g/mol. The van der Waals surface area contributed by atoms with Crippen LogP contribution in [0.2, 0.25) is 0 Å². The number of halogens is 3. The average molecular weight is 244 g/mol. The molecular formula is C10H7F3N2O2. The Morgan fingerprint density at radius 3 is 2.24 bits per heavy atom. The fourth-order valence-electron chi connectivity index (χ4n) is 1.51. The van der Waals surface area contributed by atoms with Gasteiger partial charge in [0, 0.05) is 25.1 Å². The van der Waals surface area contributed by atoms with Crippen LogP contribution in [0, 0.1) is 17.5 Å². The van der Waals surface area contributed by atoms with Gasteiger partial charge in [0.15, 0.2) is 17.5 Å². The number of nitrogens with zero attached hydrogens (tertiary/aromatic N) is 1. The Bertz CT molecular complexity index is 481. The van der Waals surface area contributed by atoms with Crippen molar-refractivity contribution in [3.8, 4) is 0 Å². The molecule has 0 bridgehead atoms. The fraction of sp³-hybridized carbons (Fsp3) is 0.200. The first-order valence-electron chi connectivity index (χ1n) is 4.75. The van der Waals surface area contributed by atoms with Crippen LogP contribution >= 0.6 is 0 Å². The van der Waals surface area contributed by atoms with Crippen molar-refractivity contribution in [3.63, 3.8) is 0 Å². The van der Waals surface area contributed by atoms with E-state index in [1.807, 2.05) is 5.32 Å². The summed E-state index contributed by atoms with van der Waals surface area (Å²) < 4.78 is 38.6. The lowest BCUT2D eigenvalue weighted by atomic mass is 10.2. The first-order chi connectivity index (χ1) is 7.99. The van der Waals surface area contributed by atoms with Crippen LogP contribution < -0.4 is 10.2 Å². The second-order valence-corrected chi connectivity index (χ2v) is 3.48. The summed E-state index contributed by atoms with van der Waals surface area (Å²) in [4.78, 5) is 23.2. The molecule has 1 N–H and O–H groups in total. The zero-order valence-electron chi connectivity index (χ0n) is 8.47. The Balaban J connectivity index is 2.34. The molecule has 7 heteroatoms. The third kappa shape index (κ3) is 2.08. The minimum atomic E-state index is -1.60. The number of amides is 3. The predicted molar refractivity (Wildman–Crippen MR) is 51.8 cm³/mol. The van der Waals surface area contributed by atoms with Gasteiger partial charge in [-0.2, -0.15) is 0 Å². The molecule has 0 aromatic heterocycles. The van der Waals surface area contributed by atoms with Crippen molar-refractivity contribution in [2.75, 3.05) is 11.4 Å². The van der Waals surface area contributed by atoms with Gasteiger partial charge in [-0.05, 0) is 0 Å². The minimum absolute atomic E-state index is 0.00478. The first kappa shape index (κ1) is 11.4. The van der Waals surface area contributed by atoms with E-state index in [9.17, 15) is 22.8 Å².